The molecule has 4 heterocycles. The molecule has 0 unspecified atom stereocenters. The predicted molar refractivity (Wildman–Crippen MR) is 112 cm³/mol. The Labute approximate surface area is 173 Å². The number of carbonyl (C=O) groups is 1. The van der Waals surface area contributed by atoms with E-state index in [4.69, 9.17) is 9.97 Å². The molecular weight excluding hydrogens is 386 g/mol. The first kappa shape index (κ1) is 18.5. The molecule has 0 aromatic carbocycles. The molecule has 1 aliphatic carbocycles. The number of anilines is 1. The van der Waals surface area contributed by atoms with E-state index in [0.717, 1.165) is 71.6 Å². The Bertz CT molecular complexity index is 1020. The van der Waals surface area contributed by atoms with E-state index >= 15 is 0 Å². The predicted octanol–water partition coefficient (Wildman–Crippen LogP) is 2.34. The van der Waals surface area contributed by atoms with Crippen LogP contribution < -0.4 is 10.2 Å². The molecule has 3 aromatic rings. The molecule has 1 N–H and O–H groups in total. The van der Waals surface area contributed by atoms with Gasteiger partial charge in [-0.1, -0.05) is 11.3 Å². The first-order chi connectivity index (χ1) is 14.2. The van der Waals surface area contributed by atoms with Crippen molar-refractivity contribution >= 4 is 28.2 Å². The Kier molecular flexibility index (Phi) is 4.91. The van der Waals surface area contributed by atoms with Crippen molar-refractivity contribution in [2.75, 3.05) is 24.5 Å². The fourth-order valence-corrected chi connectivity index (χ4v) is 4.92. The molecule has 0 bridgehead atoms. The number of imidazole rings is 1. The minimum Gasteiger partial charge on any atom is -0.350 e. The van der Waals surface area contributed by atoms with E-state index < -0.39 is 0 Å². The van der Waals surface area contributed by atoms with Crippen molar-refractivity contribution in [3.63, 3.8) is 0 Å². The molecule has 1 amide bonds. The summed E-state index contributed by atoms with van der Waals surface area (Å²) in [6.45, 7) is 4.45. The summed E-state index contributed by atoms with van der Waals surface area (Å²) in [4.78, 5) is 30.2. The largest absolute Gasteiger partial charge is 0.350 e. The number of carbonyl (C=O) groups excluding carboxylic acids is 1. The van der Waals surface area contributed by atoms with Crippen LogP contribution in [0, 0.1) is 6.92 Å². The number of hydrogen-bond acceptors (Lipinski definition) is 7. The number of fused-ring (bicyclic) bond motifs is 2. The molecule has 152 valence electrons. The summed E-state index contributed by atoms with van der Waals surface area (Å²) >= 11 is 1.57. The molecule has 1 aliphatic heterocycles. The molecule has 1 saturated heterocycles. The van der Waals surface area contributed by atoms with Crippen LogP contribution in [0.15, 0.2) is 6.20 Å². The number of amides is 1. The van der Waals surface area contributed by atoms with Crippen molar-refractivity contribution in [2.45, 2.75) is 51.9 Å². The zero-order valence-corrected chi connectivity index (χ0v) is 17.5. The number of nitrogens with zero attached hydrogens (tertiary/aromatic N) is 6. The van der Waals surface area contributed by atoms with Crippen molar-refractivity contribution in [1.82, 2.24) is 29.9 Å². The lowest BCUT2D eigenvalue weighted by atomic mass is 9.94. The molecule has 29 heavy (non-hydrogen) atoms. The summed E-state index contributed by atoms with van der Waals surface area (Å²) in [7, 11) is 0. The Morgan fingerprint density at radius 3 is 2.79 bits per heavy atom. The molecule has 9 heteroatoms. The van der Waals surface area contributed by atoms with Gasteiger partial charge in [-0.05, 0) is 45.4 Å². The van der Waals surface area contributed by atoms with Crippen LogP contribution in [0.5, 0.6) is 0 Å². The van der Waals surface area contributed by atoms with Gasteiger partial charge in [-0.3, -0.25) is 4.79 Å². The van der Waals surface area contributed by atoms with E-state index in [2.05, 4.69) is 20.3 Å². The normalized spacial score (nSPS) is 16.4. The molecule has 1 fully saturated rings. The van der Waals surface area contributed by atoms with Gasteiger partial charge in [0.2, 0.25) is 10.9 Å². The van der Waals surface area contributed by atoms with Crippen molar-refractivity contribution in [1.29, 1.82) is 0 Å². The van der Waals surface area contributed by atoms with Gasteiger partial charge >= 0.3 is 0 Å². The topological polar surface area (TPSA) is 88.3 Å². The zero-order valence-electron chi connectivity index (χ0n) is 16.6. The first-order valence-electron chi connectivity index (χ1n) is 10.4. The van der Waals surface area contributed by atoms with Gasteiger partial charge in [-0.2, -0.15) is 5.10 Å². The van der Waals surface area contributed by atoms with Crippen molar-refractivity contribution in [2.24, 2.45) is 0 Å². The highest BCUT2D eigenvalue weighted by molar-refractivity contribution is 7.16. The summed E-state index contributed by atoms with van der Waals surface area (Å²) in [5.41, 5.74) is 3.61. The second-order valence-corrected chi connectivity index (χ2v) is 8.95. The van der Waals surface area contributed by atoms with Gasteiger partial charge in [0.15, 0.2) is 0 Å². The van der Waals surface area contributed by atoms with Crippen LogP contribution in [0.3, 0.4) is 0 Å². The average Bonchev–Trinajstić information content (AvgIpc) is 3.44. The Morgan fingerprint density at radius 1 is 1.14 bits per heavy atom. The Morgan fingerprint density at radius 2 is 1.97 bits per heavy atom. The SMILES string of the molecule is Cc1nn2cc(CCNC(=O)c3nc(N4CCCC4)nc4c3CCCC4)nc2s1. The third kappa shape index (κ3) is 3.71. The van der Waals surface area contributed by atoms with Crippen molar-refractivity contribution < 1.29 is 4.79 Å². The lowest BCUT2D eigenvalue weighted by Gasteiger charge is -2.22. The van der Waals surface area contributed by atoms with E-state index in [-0.39, 0.29) is 5.91 Å². The van der Waals surface area contributed by atoms with Gasteiger partial charge in [-0.25, -0.2) is 19.5 Å². The van der Waals surface area contributed by atoms with Crippen molar-refractivity contribution in [3.8, 4) is 0 Å². The van der Waals surface area contributed by atoms with E-state index in [0.29, 0.717) is 18.7 Å². The molecule has 0 spiro atoms. The third-order valence-corrected chi connectivity index (χ3v) is 6.47. The molecule has 3 aromatic heterocycles. The lowest BCUT2D eigenvalue weighted by molar-refractivity contribution is 0.0947. The number of aryl methyl sites for hydroxylation is 2. The Hall–Kier alpha value is -2.55. The van der Waals surface area contributed by atoms with Crippen LogP contribution in [0.1, 0.15) is 58.1 Å². The number of hydrogen-bond donors (Lipinski definition) is 1. The Balaban J connectivity index is 1.31. The maximum absolute atomic E-state index is 13.0. The highest BCUT2D eigenvalue weighted by atomic mass is 32.1. The van der Waals surface area contributed by atoms with Gasteiger partial charge in [0.1, 0.15) is 10.7 Å². The van der Waals surface area contributed by atoms with E-state index in [1.807, 2.05) is 13.1 Å². The highest BCUT2D eigenvalue weighted by Gasteiger charge is 2.25. The van der Waals surface area contributed by atoms with Crippen LogP contribution in [0.2, 0.25) is 0 Å². The zero-order chi connectivity index (χ0) is 19.8. The highest BCUT2D eigenvalue weighted by Crippen LogP contribution is 2.26. The number of nitrogens with one attached hydrogen (secondary N) is 1. The maximum atomic E-state index is 13.0. The molecule has 0 radical (unpaired) electrons. The van der Waals surface area contributed by atoms with E-state index in [1.54, 1.807) is 15.9 Å². The number of aromatic nitrogens is 5. The van der Waals surface area contributed by atoms with Crippen molar-refractivity contribution in [3.05, 3.63) is 33.8 Å². The summed E-state index contributed by atoms with van der Waals surface area (Å²) < 4.78 is 1.81. The summed E-state index contributed by atoms with van der Waals surface area (Å²) in [5, 5.41) is 8.43. The van der Waals surface area contributed by atoms with Gasteiger partial charge in [0.05, 0.1) is 11.9 Å². The summed E-state index contributed by atoms with van der Waals surface area (Å²) in [5.74, 6) is 0.630. The van der Waals surface area contributed by atoms with Gasteiger partial charge in [-0.15, -0.1) is 0 Å². The quantitative estimate of drug-likeness (QED) is 0.693. The molecule has 8 nitrogen and oxygen atoms in total. The minimum atomic E-state index is -0.0963. The van der Waals surface area contributed by atoms with E-state index in [1.165, 1.54) is 12.8 Å². The lowest BCUT2D eigenvalue weighted by Crippen LogP contribution is -2.31. The van der Waals surface area contributed by atoms with Crippen LogP contribution >= 0.6 is 11.3 Å². The molecule has 2 aliphatic rings. The monoisotopic (exact) mass is 411 g/mol. The second kappa shape index (κ2) is 7.70. The van der Waals surface area contributed by atoms with Gasteiger partial charge < -0.3 is 10.2 Å². The molecular formula is C20H25N7OS. The van der Waals surface area contributed by atoms with Crippen LogP contribution in [-0.2, 0) is 19.3 Å². The number of rotatable bonds is 5. The maximum Gasteiger partial charge on any atom is 0.270 e. The fourth-order valence-electron chi connectivity index (χ4n) is 4.18. The minimum absolute atomic E-state index is 0.0963. The second-order valence-electron chi connectivity index (χ2n) is 7.79. The third-order valence-electron chi connectivity index (χ3n) is 5.64. The molecule has 5 rings (SSSR count). The smallest absolute Gasteiger partial charge is 0.270 e. The summed E-state index contributed by atoms with van der Waals surface area (Å²) in [6.07, 6.45) is 9.00. The van der Waals surface area contributed by atoms with Crippen LogP contribution in [0.25, 0.3) is 4.96 Å². The van der Waals surface area contributed by atoms with Crippen LogP contribution in [-0.4, -0.2) is 50.1 Å². The van der Waals surface area contributed by atoms with Gasteiger partial charge in [0, 0.05) is 37.3 Å². The molecule has 0 atom stereocenters. The summed E-state index contributed by atoms with van der Waals surface area (Å²) in [6, 6.07) is 0. The van der Waals surface area contributed by atoms with Crippen LogP contribution in [0.4, 0.5) is 5.95 Å². The average molecular weight is 412 g/mol. The van der Waals surface area contributed by atoms with Gasteiger partial charge in [0.25, 0.3) is 5.91 Å². The fraction of sp³-hybridized carbons (Fsp3) is 0.550. The first-order valence-corrected chi connectivity index (χ1v) is 11.2. The van der Waals surface area contributed by atoms with E-state index in [9.17, 15) is 4.79 Å². The standard InChI is InChI=1S/C20H25N7OS/c1-13-25-27-12-14(22-20(27)29-13)8-9-21-18(28)17-15-6-2-3-7-16(15)23-19(24-17)26-10-4-5-11-26/h12H,2-11H2,1H3,(H,21,28). The molecule has 0 saturated carbocycles.